The number of carbonyl (C=O) groups excluding carboxylic acids is 1. The lowest BCUT2D eigenvalue weighted by atomic mass is 10.1. The van der Waals surface area contributed by atoms with E-state index >= 15 is 0 Å². The Kier molecular flexibility index (Phi) is 5.36. The van der Waals surface area contributed by atoms with Crippen molar-refractivity contribution < 1.29 is 19.4 Å². The van der Waals surface area contributed by atoms with Crippen LogP contribution in [0.15, 0.2) is 40.6 Å². The van der Waals surface area contributed by atoms with Gasteiger partial charge in [-0.05, 0) is 18.4 Å². The maximum atomic E-state index is 10.8. The van der Waals surface area contributed by atoms with Gasteiger partial charge in [0, 0.05) is 0 Å². The van der Waals surface area contributed by atoms with E-state index in [4.69, 9.17) is 5.11 Å². The summed E-state index contributed by atoms with van der Waals surface area (Å²) in [7, 11) is 0. The number of hydrogen-bond acceptors (Lipinski definition) is 3. The van der Waals surface area contributed by atoms with Gasteiger partial charge in [0.1, 0.15) is 0 Å². The van der Waals surface area contributed by atoms with Gasteiger partial charge in [0.2, 0.25) is 0 Å². The lowest BCUT2D eigenvalue weighted by Gasteiger charge is -2.01. The molecule has 0 radical (unpaired) electrons. The van der Waals surface area contributed by atoms with E-state index in [1.165, 1.54) is 0 Å². The molecule has 0 heterocycles. The Morgan fingerprint density at radius 1 is 1.18 bits per heavy atom. The third-order valence-electron chi connectivity index (χ3n) is 1.90. The van der Waals surface area contributed by atoms with E-state index in [9.17, 15) is 9.59 Å². The molecule has 0 aliphatic heterocycles. The predicted octanol–water partition coefficient (Wildman–Crippen LogP) is 2.89. The highest BCUT2D eigenvalue weighted by atomic mass is 16.5. The number of benzene rings is 1. The topological polar surface area (TPSA) is 88.3 Å². The van der Waals surface area contributed by atoms with E-state index < -0.39 is 12.2 Å². The van der Waals surface area contributed by atoms with E-state index in [1.54, 1.807) is 0 Å². The van der Waals surface area contributed by atoms with Gasteiger partial charge in [-0.3, -0.25) is 0 Å². The van der Waals surface area contributed by atoms with Crippen molar-refractivity contribution >= 4 is 12.2 Å². The summed E-state index contributed by atoms with van der Waals surface area (Å²) < 4.78 is 4.65. The van der Waals surface area contributed by atoms with Crippen molar-refractivity contribution in [2.45, 2.75) is 12.8 Å². The van der Waals surface area contributed by atoms with Gasteiger partial charge in [-0.2, -0.15) is 0 Å². The standard InChI is InChI=1S/C11H12N2O4/c14-10(15)12-13-11(16)17-8-4-7-9-5-2-1-3-6-9/h1-3,5-6H,4,7-8H2,(H,14,15). The highest BCUT2D eigenvalue weighted by Gasteiger charge is 2.01. The fourth-order valence-electron chi connectivity index (χ4n) is 1.19. The second kappa shape index (κ2) is 7.10. The van der Waals surface area contributed by atoms with E-state index in [0.29, 0.717) is 6.42 Å². The van der Waals surface area contributed by atoms with Crippen LogP contribution in [-0.2, 0) is 11.2 Å². The van der Waals surface area contributed by atoms with Crippen molar-refractivity contribution in [3.05, 3.63) is 35.9 Å². The second-order valence-electron chi connectivity index (χ2n) is 3.19. The number of carbonyl (C=O) groups is 2. The number of hydrogen-bond donors (Lipinski definition) is 1. The maximum Gasteiger partial charge on any atom is 0.452 e. The zero-order chi connectivity index (χ0) is 12.5. The van der Waals surface area contributed by atoms with Crippen molar-refractivity contribution in [2.75, 3.05) is 6.61 Å². The molecule has 0 fully saturated rings. The molecule has 0 atom stereocenters. The Morgan fingerprint density at radius 3 is 2.53 bits per heavy atom. The zero-order valence-corrected chi connectivity index (χ0v) is 9.07. The minimum absolute atomic E-state index is 0.187. The van der Waals surface area contributed by atoms with Crippen LogP contribution in [0.2, 0.25) is 0 Å². The number of carboxylic acid groups (broad SMARTS) is 1. The maximum absolute atomic E-state index is 10.8. The zero-order valence-electron chi connectivity index (χ0n) is 9.07. The fraction of sp³-hybridized carbons (Fsp3) is 0.273. The van der Waals surface area contributed by atoms with Crippen LogP contribution in [-0.4, -0.2) is 23.9 Å². The summed E-state index contributed by atoms with van der Waals surface area (Å²) in [5.74, 6) is 0. The minimum atomic E-state index is -1.52. The van der Waals surface area contributed by atoms with Gasteiger partial charge in [0.05, 0.1) is 6.61 Å². The number of nitrogens with zero attached hydrogens (tertiary/aromatic N) is 2. The van der Waals surface area contributed by atoms with Gasteiger partial charge in [0.25, 0.3) is 0 Å². The number of aryl methyl sites for hydroxylation is 1. The molecule has 1 rings (SSSR count). The molecular formula is C11H12N2O4. The van der Waals surface area contributed by atoms with Crippen LogP contribution in [0.3, 0.4) is 0 Å². The first kappa shape index (κ1) is 12.8. The molecule has 0 saturated heterocycles. The number of azo groups is 1. The Morgan fingerprint density at radius 2 is 1.88 bits per heavy atom. The molecular weight excluding hydrogens is 224 g/mol. The van der Waals surface area contributed by atoms with Gasteiger partial charge in [-0.25, -0.2) is 9.59 Å². The van der Waals surface area contributed by atoms with E-state index in [-0.39, 0.29) is 6.61 Å². The lowest BCUT2D eigenvalue weighted by Crippen LogP contribution is -2.02. The van der Waals surface area contributed by atoms with Crippen molar-refractivity contribution in [3.63, 3.8) is 0 Å². The number of amides is 2. The quantitative estimate of drug-likeness (QED) is 0.643. The van der Waals surface area contributed by atoms with Crippen molar-refractivity contribution in [2.24, 2.45) is 10.2 Å². The van der Waals surface area contributed by atoms with Crippen LogP contribution >= 0.6 is 0 Å². The molecule has 2 amide bonds. The van der Waals surface area contributed by atoms with Gasteiger partial charge < -0.3 is 9.84 Å². The average Bonchev–Trinajstić information content (AvgIpc) is 2.33. The first-order valence-electron chi connectivity index (χ1n) is 5.04. The van der Waals surface area contributed by atoms with E-state index in [1.807, 2.05) is 30.3 Å². The van der Waals surface area contributed by atoms with Gasteiger partial charge >= 0.3 is 12.2 Å². The molecule has 1 aromatic rings. The minimum Gasteiger partial charge on any atom is -0.462 e. The monoisotopic (exact) mass is 236 g/mol. The van der Waals surface area contributed by atoms with Crippen molar-refractivity contribution in [3.8, 4) is 0 Å². The van der Waals surface area contributed by atoms with E-state index in [0.717, 1.165) is 12.0 Å². The lowest BCUT2D eigenvalue weighted by molar-refractivity contribution is 0.152. The van der Waals surface area contributed by atoms with Crippen LogP contribution in [0.25, 0.3) is 0 Å². The summed E-state index contributed by atoms with van der Waals surface area (Å²) in [6.45, 7) is 0.187. The third-order valence-corrected chi connectivity index (χ3v) is 1.90. The summed E-state index contributed by atoms with van der Waals surface area (Å²) in [4.78, 5) is 20.8. The summed E-state index contributed by atoms with van der Waals surface area (Å²) >= 11 is 0. The van der Waals surface area contributed by atoms with Crippen LogP contribution in [0.5, 0.6) is 0 Å². The normalized spacial score (nSPS) is 10.4. The Labute approximate surface area is 97.9 Å². The van der Waals surface area contributed by atoms with E-state index in [2.05, 4.69) is 15.0 Å². The second-order valence-corrected chi connectivity index (χ2v) is 3.19. The summed E-state index contributed by atoms with van der Waals surface area (Å²) in [6.07, 6.45) is -1.07. The number of rotatable bonds is 4. The fourth-order valence-corrected chi connectivity index (χ4v) is 1.19. The molecule has 90 valence electrons. The smallest absolute Gasteiger partial charge is 0.452 e. The molecule has 6 nitrogen and oxygen atoms in total. The van der Waals surface area contributed by atoms with Gasteiger partial charge in [-0.15, -0.1) is 0 Å². The predicted molar refractivity (Wildman–Crippen MR) is 59.0 cm³/mol. The third kappa shape index (κ3) is 6.03. The molecule has 1 N–H and O–H groups in total. The first-order chi connectivity index (χ1) is 8.18. The average molecular weight is 236 g/mol. The van der Waals surface area contributed by atoms with Crippen LogP contribution in [0.1, 0.15) is 12.0 Å². The molecule has 0 spiro atoms. The molecule has 0 saturated carbocycles. The van der Waals surface area contributed by atoms with Crippen LogP contribution < -0.4 is 0 Å². The van der Waals surface area contributed by atoms with Gasteiger partial charge in [-0.1, -0.05) is 40.6 Å². The molecule has 1 aromatic carbocycles. The first-order valence-corrected chi connectivity index (χ1v) is 5.04. The Hall–Kier alpha value is -2.24. The molecule has 0 unspecified atom stereocenters. The van der Waals surface area contributed by atoms with Crippen molar-refractivity contribution in [1.29, 1.82) is 0 Å². The summed E-state index contributed by atoms with van der Waals surface area (Å²) in [6, 6.07) is 9.75. The Bertz CT molecular complexity index is 403. The number of ether oxygens (including phenoxy) is 1. The largest absolute Gasteiger partial charge is 0.462 e. The highest BCUT2D eigenvalue weighted by Crippen LogP contribution is 2.02. The molecule has 17 heavy (non-hydrogen) atoms. The van der Waals surface area contributed by atoms with Crippen LogP contribution in [0.4, 0.5) is 9.59 Å². The highest BCUT2D eigenvalue weighted by molar-refractivity contribution is 5.71. The SMILES string of the molecule is O=C(O)N=NC(=O)OCCCc1ccccc1. The summed E-state index contributed by atoms with van der Waals surface area (Å²) in [5, 5.41) is 13.6. The van der Waals surface area contributed by atoms with Crippen LogP contribution in [0, 0.1) is 0 Å². The van der Waals surface area contributed by atoms with Crippen molar-refractivity contribution in [1.82, 2.24) is 0 Å². The molecule has 6 heteroatoms. The molecule has 0 aliphatic rings. The molecule has 0 aliphatic carbocycles. The van der Waals surface area contributed by atoms with Gasteiger partial charge in [0.15, 0.2) is 0 Å². The Balaban J connectivity index is 2.16. The molecule has 0 bridgehead atoms. The molecule has 0 aromatic heterocycles. The summed E-state index contributed by atoms with van der Waals surface area (Å²) in [5.41, 5.74) is 1.15.